The van der Waals surface area contributed by atoms with Crippen LogP contribution in [-0.2, 0) is 0 Å². The van der Waals surface area contributed by atoms with Crippen molar-refractivity contribution in [2.45, 2.75) is 12.8 Å². The monoisotopic (exact) mass is 354 g/mol. The van der Waals surface area contributed by atoms with Gasteiger partial charge in [0.2, 0.25) is 5.95 Å². The van der Waals surface area contributed by atoms with Gasteiger partial charge < -0.3 is 16.2 Å². The molecule has 0 saturated heterocycles. The molecule has 0 fully saturated rings. The molecule has 0 unspecified atom stereocenters. The minimum Gasteiger partial charge on any atom is -0.396 e. The van der Waals surface area contributed by atoms with Gasteiger partial charge in [-0.25, -0.2) is 0 Å². The smallest absolute Gasteiger partial charge is 0.223 e. The van der Waals surface area contributed by atoms with Gasteiger partial charge in [-0.15, -0.1) is 5.11 Å². The van der Waals surface area contributed by atoms with Gasteiger partial charge in [-0.3, -0.25) is 0 Å². The highest BCUT2D eigenvalue weighted by Crippen LogP contribution is 2.32. The van der Waals surface area contributed by atoms with E-state index in [0.717, 1.165) is 6.42 Å². The zero-order chi connectivity index (χ0) is 16.7. The molecule has 0 aliphatic heterocycles. The van der Waals surface area contributed by atoms with Gasteiger partial charge in [-0.2, -0.15) is 15.1 Å². The minimum atomic E-state index is 0.0464. The highest BCUT2D eigenvalue weighted by Gasteiger charge is 2.11. The molecule has 2 rings (SSSR count). The molecule has 1 aromatic heterocycles. The van der Waals surface area contributed by atoms with Crippen LogP contribution in [0.1, 0.15) is 12.8 Å². The Hall–Kier alpha value is -1.96. The maximum atomic E-state index is 8.80. The Kier molecular flexibility index (Phi) is 6.52. The molecule has 0 bridgehead atoms. The van der Waals surface area contributed by atoms with Crippen molar-refractivity contribution in [2.75, 3.05) is 24.2 Å². The quantitative estimate of drug-likeness (QED) is 0.396. The average molecular weight is 355 g/mol. The predicted octanol–water partition coefficient (Wildman–Crippen LogP) is 3.97. The van der Waals surface area contributed by atoms with Gasteiger partial charge in [0.15, 0.2) is 16.7 Å². The molecular formula is C14H16Cl2N6O. The Bertz CT molecular complexity index is 678. The largest absolute Gasteiger partial charge is 0.396 e. The van der Waals surface area contributed by atoms with Crippen molar-refractivity contribution >= 4 is 46.3 Å². The number of benzene rings is 1. The van der Waals surface area contributed by atoms with Gasteiger partial charge in [0.25, 0.3) is 0 Å². The number of anilines is 2. The highest BCUT2D eigenvalue weighted by molar-refractivity contribution is 6.32. The SMILES string of the molecule is Nc1nc(Cl)c(/N=N/c2ccc(Cl)cc2)c(NCCCCO)n1. The number of nitrogen functional groups attached to an aromatic ring is 1. The van der Waals surface area contributed by atoms with E-state index in [1.54, 1.807) is 24.3 Å². The van der Waals surface area contributed by atoms with E-state index in [9.17, 15) is 0 Å². The van der Waals surface area contributed by atoms with Crippen molar-refractivity contribution in [3.8, 4) is 0 Å². The van der Waals surface area contributed by atoms with Gasteiger partial charge in [-0.05, 0) is 37.1 Å². The number of rotatable bonds is 7. The van der Waals surface area contributed by atoms with E-state index < -0.39 is 0 Å². The van der Waals surface area contributed by atoms with E-state index in [1.807, 2.05) is 0 Å². The topological polar surface area (TPSA) is 109 Å². The van der Waals surface area contributed by atoms with Gasteiger partial charge >= 0.3 is 0 Å². The molecule has 23 heavy (non-hydrogen) atoms. The van der Waals surface area contributed by atoms with E-state index in [2.05, 4.69) is 25.5 Å². The van der Waals surface area contributed by atoms with Gasteiger partial charge in [0.1, 0.15) is 0 Å². The lowest BCUT2D eigenvalue weighted by Gasteiger charge is -2.09. The standard InChI is InChI=1S/C14H16Cl2N6O/c15-9-3-5-10(6-4-9)21-22-11-12(16)19-14(17)20-13(11)18-7-1-2-8-23/h3-6,23H,1-2,7-8H2,(H3,17,18,19,20)/b22-21+. The van der Waals surface area contributed by atoms with Crippen LogP contribution in [0.5, 0.6) is 0 Å². The summed E-state index contributed by atoms with van der Waals surface area (Å²) < 4.78 is 0. The number of hydrogen-bond donors (Lipinski definition) is 3. The van der Waals surface area contributed by atoms with Gasteiger partial charge in [0, 0.05) is 18.2 Å². The second-order valence-electron chi connectivity index (χ2n) is 4.60. The first-order valence-electron chi connectivity index (χ1n) is 6.95. The summed E-state index contributed by atoms with van der Waals surface area (Å²) in [5.74, 6) is 0.447. The number of nitrogens with zero attached hydrogens (tertiary/aromatic N) is 4. The van der Waals surface area contributed by atoms with Crippen LogP contribution in [0.15, 0.2) is 34.5 Å². The van der Waals surface area contributed by atoms with E-state index in [0.29, 0.717) is 35.2 Å². The summed E-state index contributed by atoms with van der Waals surface area (Å²) in [4.78, 5) is 7.97. The van der Waals surface area contributed by atoms with Crippen molar-refractivity contribution in [2.24, 2.45) is 10.2 Å². The third-order valence-electron chi connectivity index (χ3n) is 2.83. The lowest BCUT2D eigenvalue weighted by atomic mass is 10.3. The van der Waals surface area contributed by atoms with E-state index in [1.165, 1.54) is 0 Å². The van der Waals surface area contributed by atoms with Crippen LogP contribution in [0.3, 0.4) is 0 Å². The predicted molar refractivity (Wildman–Crippen MR) is 91.9 cm³/mol. The molecule has 1 aromatic carbocycles. The molecule has 7 nitrogen and oxygen atoms in total. The highest BCUT2D eigenvalue weighted by atomic mass is 35.5. The number of azo groups is 1. The summed E-state index contributed by atoms with van der Waals surface area (Å²) >= 11 is 11.9. The zero-order valence-corrected chi connectivity index (χ0v) is 13.7. The number of aromatic nitrogens is 2. The van der Waals surface area contributed by atoms with Gasteiger partial charge in [0.05, 0.1) is 5.69 Å². The van der Waals surface area contributed by atoms with Crippen molar-refractivity contribution in [1.82, 2.24) is 9.97 Å². The summed E-state index contributed by atoms with van der Waals surface area (Å²) in [5.41, 5.74) is 6.53. The fourth-order valence-electron chi connectivity index (χ4n) is 1.71. The molecule has 0 radical (unpaired) electrons. The maximum absolute atomic E-state index is 8.80. The van der Waals surface area contributed by atoms with Crippen LogP contribution in [0.4, 0.5) is 23.1 Å². The molecule has 0 amide bonds. The van der Waals surface area contributed by atoms with Crippen molar-refractivity contribution in [3.05, 3.63) is 34.4 Å². The van der Waals surface area contributed by atoms with Crippen LogP contribution < -0.4 is 11.1 Å². The van der Waals surface area contributed by atoms with Crippen LogP contribution in [-0.4, -0.2) is 28.2 Å². The third-order valence-corrected chi connectivity index (χ3v) is 3.34. The Labute approximate surface area is 143 Å². The first kappa shape index (κ1) is 17.4. The normalized spacial score (nSPS) is 11.1. The molecule has 1 heterocycles. The molecule has 122 valence electrons. The lowest BCUT2D eigenvalue weighted by Crippen LogP contribution is -2.07. The number of aliphatic hydroxyl groups is 1. The van der Waals surface area contributed by atoms with E-state index >= 15 is 0 Å². The Morgan fingerprint density at radius 1 is 1.09 bits per heavy atom. The van der Waals surface area contributed by atoms with Crippen molar-refractivity contribution < 1.29 is 5.11 Å². The van der Waals surface area contributed by atoms with Crippen molar-refractivity contribution in [1.29, 1.82) is 0 Å². The second kappa shape index (κ2) is 8.61. The molecule has 4 N–H and O–H groups in total. The molecule has 0 saturated carbocycles. The molecule has 0 aliphatic carbocycles. The van der Waals surface area contributed by atoms with E-state index in [4.69, 9.17) is 34.0 Å². The molecule has 2 aromatic rings. The molecule has 0 spiro atoms. The number of halogens is 2. The first-order chi connectivity index (χ1) is 11.1. The number of hydrogen-bond acceptors (Lipinski definition) is 7. The number of unbranched alkanes of at least 4 members (excludes halogenated alkanes) is 1. The Balaban J connectivity index is 2.20. The summed E-state index contributed by atoms with van der Waals surface area (Å²) in [5, 5.41) is 20.8. The molecule has 0 aliphatic rings. The summed E-state index contributed by atoms with van der Waals surface area (Å²) in [6.45, 7) is 0.730. The molecular weight excluding hydrogens is 339 g/mol. The molecule has 0 atom stereocenters. The van der Waals surface area contributed by atoms with Crippen LogP contribution in [0, 0.1) is 0 Å². The lowest BCUT2D eigenvalue weighted by molar-refractivity contribution is 0.286. The first-order valence-corrected chi connectivity index (χ1v) is 7.71. The minimum absolute atomic E-state index is 0.0464. The number of nitrogens with two attached hydrogens (primary N) is 1. The van der Waals surface area contributed by atoms with Crippen LogP contribution in [0.2, 0.25) is 10.2 Å². The van der Waals surface area contributed by atoms with Crippen LogP contribution >= 0.6 is 23.2 Å². The fraction of sp³-hybridized carbons (Fsp3) is 0.286. The molecule has 9 heteroatoms. The van der Waals surface area contributed by atoms with Crippen molar-refractivity contribution in [3.63, 3.8) is 0 Å². The average Bonchev–Trinajstić information content (AvgIpc) is 2.52. The van der Waals surface area contributed by atoms with Gasteiger partial charge in [-0.1, -0.05) is 23.2 Å². The number of nitrogens with one attached hydrogen (secondary N) is 1. The summed E-state index contributed by atoms with van der Waals surface area (Å²) in [7, 11) is 0. The summed E-state index contributed by atoms with van der Waals surface area (Å²) in [6.07, 6.45) is 1.45. The summed E-state index contributed by atoms with van der Waals surface area (Å²) in [6, 6.07) is 6.88. The Morgan fingerprint density at radius 2 is 1.83 bits per heavy atom. The van der Waals surface area contributed by atoms with Crippen LogP contribution in [0.25, 0.3) is 0 Å². The fourth-order valence-corrected chi connectivity index (χ4v) is 2.05. The third kappa shape index (κ3) is 5.31. The second-order valence-corrected chi connectivity index (χ2v) is 5.40. The zero-order valence-electron chi connectivity index (χ0n) is 12.2. The maximum Gasteiger partial charge on any atom is 0.223 e. The number of aliphatic hydroxyl groups excluding tert-OH is 1. The van der Waals surface area contributed by atoms with E-state index in [-0.39, 0.29) is 17.7 Å². The Morgan fingerprint density at radius 3 is 2.52 bits per heavy atom.